The molecule has 0 fully saturated rings. The Hall–Kier alpha value is -2.65. The average molecular weight is 333 g/mol. The van der Waals surface area contributed by atoms with Crippen LogP contribution in [0.5, 0.6) is 5.75 Å². The number of nitrogens with zero attached hydrogens (tertiary/aromatic N) is 2. The lowest BCUT2D eigenvalue weighted by atomic mass is 10.0. The maximum absolute atomic E-state index is 14.2. The van der Waals surface area contributed by atoms with E-state index in [4.69, 9.17) is 9.47 Å². The van der Waals surface area contributed by atoms with E-state index in [1.807, 2.05) is 0 Å². The minimum Gasteiger partial charge on any atom is -0.496 e. The molecule has 1 N–H and O–H groups in total. The zero-order chi connectivity index (χ0) is 17.2. The van der Waals surface area contributed by atoms with Crippen LogP contribution in [-0.4, -0.2) is 35.1 Å². The van der Waals surface area contributed by atoms with Crippen LogP contribution in [0.3, 0.4) is 0 Å². The summed E-state index contributed by atoms with van der Waals surface area (Å²) in [7, 11) is 1.07. The third kappa shape index (κ3) is 3.25. The first-order chi connectivity index (χ1) is 10.8. The number of nitrogens with one attached hydrogen (secondary N) is 1. The number of carbonyl (C=O) groups excluding carboxylic acids is 1. The molecule has 6 nitrogen and oxygen atoms in total. The molecule has 1 aromatic heterocycles. The van der Waals surface area contributed by atoms with Gasteiger partial charge in [-0.1, -0.05) is 0 Å². The zero-order valence-corrected chi connectivity index (χ0v) is 12.0. The van der Waals surface area contributed by atoms with Crippen molar-refractivity contribution in [2.45, 2.75) is 13.1 Å². The molecule has 0 saturated carbocycles. The molecule has 0 aliphatic rings. The molecule has 0 radical (unpaired) electrons. The van der Waals surface area contributed by atoms with Crippen LogP contribution in [-0.2, 0) is 10.9 Å². The number of rotatable bonds is 4. The lowest BCUT2D eigenvalue weighted by Crippen LogP contribution is -2.09. The summed E-state index contributed by atoms with van der Waals surface area (Å²) in [5.74, 6) is -2.58. The maximum atomic E-state index is 14.2. The largest absolute Gasteiger partial charge is 0.496 e. The monoisotopic (exact) mass is 333 g/mol. The smallest absolute Gasteiger partial charge is 0.416 e. The number of aromatic nitrogens is 3. The number of esters is 1. The van der Waals surface area contributed by atoms with Gasteiger partial charge in [0, 0.05) is 0 Å². The number of halogens is 4. The van der Waals surface area contributed by atoms with Crippen molar-refractivity contribution in [2.24, 2.45) is 0 Å². The molecule has 0 spiro atoms. The molecular weight excluding hydrogens is 322 g/mol. The number of methoxy groups -OCH3 is 1. The van der Waals surface area contributed by atoms with E-state index in [-0.39, 0.29) is 18.0 Å². The number of alkyl halides is 3. The van der Waals surface area contributed by atoms with Crippen molar-refractivity contribution in [1.82, 2.24) is 15.4 Å². The second-order valence-electron chi connectivity index (χ2n) is 4.27. The highest BCUT2D eigenvalue weighted by Gasteiger charge is 2.34. The number of aromatic amines is 1. The fraction of sp³-hybridized carbons (Fsp3) is 0.308. The molecule has 1 aromatic carbocycles. The highest BCUT2D eigenvalue weighted by molar-refractivity contribution is 5.94. The minimum atomic E-state index is -4.75. The van der Waals surface area contributed by atoms with E-state index < -0.39 is 34.8 Å². The second-order valence-corrected chi connectivity index (χ2v) is 4.27. The number of hydrogen-bond donors (Lipinski definition) is 1. The van der Waals surface area contributed by atoms with Crippen molar-refractivity contribution in [1.29, 1.82) is 0 Å². The van der Waals surface area contributed by atoms with Gasteiger partial charge >= 0.3 is 12.1 Å². The first-order valence-corrected chi connectivity index (χ1v) is 6.32. The van der Waals surface area contributed by atoms with Crippen LogP contribution >= 0.6 is 0 Å². The standard InChI is InChI=1S/C13H11F4N3O3/c1-3-23-12(21)11-10(18-20-19-11)9-7(14)4-6(13(15,16)17)5-8(9)22-2/h4-5H,3H2,1-2H3,(H,18,19,20). The molecular formula is C13H11F4N3O3. The van der Waals surface area contributed by atoms with Crippen LogP contribution in [0.4, 0.5) is 17.6 Å². The lowest BCUT2D eigenvalue weighted by molar-refractivity contribution is -0.137. The van der Waals surface area contributed by atoms with Crippen LogP contribution in [0.2, 0.25) is 0 Å². The van der Waals surface area contributed by atoms with Gasteiger partial charge in [0.1, 0.15) is 17.3 Å². The van der Waals surface area contributed by atoms with Gasteiger partial charge in [0.15, 0.2) is 5.69 Å². The van der Waals surface area contributed by atoms with E-state index in [2.05, 4.69) is 15.4 Å². The van der Waals surface area contributed by atoms with E-state index in [0.717, 1.165) is 7.11 Å². The summed E-state index contributed by atoms with van der Waals surface area (Å²) in [5, 5.41) is 9.27. The van der Waals surface area contributed by atoms with Crippen LogP contribution in [0.15, 0.2) is 12.1 Å². The Morgan fingerprint density at radius 3 is 2.57 bits per heavy atom. The van der Waals surface area contributed by atoms with Gasteiger partial charge in [0.05, 0.1) is 24.8 Å². The Balaban J connectivity index is 2.61. The normalized spacial score (nSPS) is 11.4. The van der Waals surface area contributed by atoms with Gasteiger partial charge in [0.25, 0.3) is 0 Å². The molecule has 1 heterocycles. The Labute approximate surface area is 127 Å². The molecule has 2 aromatic rings. The lowest BCUT2D eigenvalue weighted by Gasteiger charge is -2.13. The summed E-state index contributed by atoms with van der Waals surface area (Å²) in [6.45, 7) is 1.59. The van der Waals surface area contributed by atoms with Crippen LogP contribution in [0.1, 0.15) is 23.0 Å². The second kappa shape index (κ2) is 6.23. The van der Waals surface area contributed by atoms with Crippen molar-refractivity contribution < 1.29 is 31.8 Å². The Morgan fingerprint density at radius 2 is 2.00 bits per heavy atom. The van der Waals surface area contributed by atoms with Crippen LogP contribution in [0.25, 0.3) is 11.3 Å². The van der Waals surface area contributed by atoms with Gasteiger partial charge in [-0.3, -0.25) is 0 Å². The molecule has 124 valence electrons. The van der Waals surface area contributed by atoms with Crippen LogP contribution in [0, 0.1) is 5.82 Å². The summed E-state index contributed by atoms with van der Waals surface area (Å²) >= 11 is 0. The number of hydrogen-bond acceptors (Lipinski definition) is 5. The highest BCUT2D eigenvalue weighted by atomic mass is 19.4. The van der Waals surface area contributed by atoms with Crippen molar-refractivity contribution in [3.63, 3.8) is 0 Å². The SMILES string of the molecule is CCOC(=O)c1n[nH]nc1-c1c(F)cc(C(F)(F)F)cc1OC. The highest BCUT2D eigenvalue weighted by Crippen LogP contribution is 2.39. The minimum absolute atomic E-state index is 0.0394. The molecule has 0 atom stereocenters. The van der Waals surface area contributed by atoms with Gasteiger partial charge in [-0.25, -0.2) is 9.18 Å². The average Bonchev–Trinajstić information content (AvgIpc) is 2.94. The van der Waals surface area contributed by atoms with Crippen molar-refractivity contribution in [2.75, 3.05) is 13.7 Å². The quantitative estimate of drug-likeness (QED) is 0.688. The predicted molar refractivity (Wildman–Crippen MR) is 69.3 cm³/mol. The van der Waals surface area contributed by atoms with Gasteiger partial charge in [-0.05, 0) is 19.1 Å². The molecule has 0 bridgehead atoms. The summed E-state index contributed by atoms with van der Waals surface area (Å²) in [6, 6.07) is 0.906. The first-order valence-electron chi connectivity index (χ1n) is 6.32. The molecule has 0 aliphatic heterocycles. The van der Waals surface area contributed by atoms with E-state index in [1.165, 1.54) is 0 Å². The number of ether oxygens (including phenoxy) is 2. The third-order valence-electron chi connectivity index (χ3n) is 2.85. The first kappa shape index (κ1) is 16.7. The van der Waals surface area contributed by atoms with E-state index in [0.29, 0.717) is 12.1 Å². The third-order valence-corrected chi connectivity index (χ3v) is 2.85. The van der Waals surface area contributed by atoms with Crippen molar-refractivity contribution in [3.8, 4) is 17.0 Å². The number of benzene rings is 1. The summed E-state index contributed by atoms with van der Waals surface area (Å²) in [6.07, 6.45) is -4.75. The van der Waals surface area contributed by atoms with Gasteiger partial charge in [-0.15, -0.1) is 5.10 Å². The zero-order valence-electron chi connectivity index (χ0n) is 12.0. The van der Waals surface area contributed by atoms with E-state index in [1.54, 1.807) is 6.92 Å². The van der Waals surface area contributed by atoms with Crippen LogP contribution < -0.4 is 4.74 Å². The summed E-state index contributed by atoms with van der Waals surface area (Å²) in [4.78, 5) is 11.7. The summed E-state index contributed by atoms with van der Waals surface area (Å²) < 4.78 is 62.0. The molecule has 0 unspecified atom stereocenters. The molecule has 23 heavy (non-hydrogen) atoms. The van der Waals surface area contributed by atoms with E-state index in [9.17, 15) is 22.4 Å². The fourth-order valence-corrected chi connectivity index (χ4v) is 1.88. The van der Waals surface area contributed by atoms with Gasteiger partial charge in [0.2, 0.25) is 0 Å². The fourth-order valence-electron chi connectivity index (χ4n) is 1.88. The van der Waals surface area contributed by atoms with E-state index >= 15 is 0 Å². The predicted octanol–water partition coefficient (Wildman–Crippen LogP) is 2.81. The van der Waals surface area contributed by atoms with Gasteiger partial charge in [-0.2, -0.15) is 23.5 Å². The molecule has 0 aliphatic carbocycles. The van der Waals surface area contributed by atoms with Crippen molar-refractivity contribution >= 4 is 5.97 Å². The number of carbonyl (C=O) groups is 1. The number of H-pyrrole nitrogens is 1. The van der Waals surface area contributed by atoms with Gasteiger partial charge < -0.3 is 9.47 Å². The Kier molecular flexibility index (Phi) is 4.52. The maximum Gasteiger partial charge on any atom is 0.416 e. The molecule has 0 saturated heterocycles. The molecule has 10 heteroatoms. The topological polar surface area (TPSA) is 77.1 Å². The summed E-state index contributed by atoms with van der Waals surface area (Å²) in [5.41, 5.74) is -2.30. The molecule has 2 rings (SSSR count). The Morgan fingerprint density at radius 1 is 1.30 bits per heavy atom. The Bertz CT molecular complexity index is 728. The van der Waals surface area contributed by atoms with Crippen molar-refractivity contribution in [3.05, 3.63) is 29.2 Å². The molecule has 0 amide bonds.